The SMILES string of the molecule is Cc1cccc(Oc2cccc(C#N)n2)c1N. The summed E-state index contributed by atoms with van der Waals surface area (Å²) in [6.07, 6.45) is 0. The number of hydrogen-bond acceptors (Lipinski definition) is 4. The summed E-state index contributed by atoms with van der Waals surface area (Å²) in [5.41, 5.74) is 7.72. The fourth-order valence-corrected chi connectivity index (χ4v) is 1.39. The second-order valence-electron chi connectivity index (χ2n) is 3.56. The molecule has 0 amide bonds. The minimum absolute atomic E-state index is 0.314. The van der Waals surface area contributed by atoms with Gasteiger partial charge in [0.05, 0.1) is 5.69 Å². The molecule has 1 heterocycles. The summed E-state index contributed by atoms with van der Waals surface area (Å²) < 4.78 is 5.55. The van der Waals surface area contributed by atoms with Crippen molar-refractivity contribution in [3.8, 4) is 17.7 Å². The molecule has 4 nitrogen and oxygen atoms in total. The van der Waals surface area contributed by atoms with E-state index in [9.17, 15) is 0 Å². The first-order valence-electron chi connectivity index (χ1n) is 5.11. The third-order valence-electron chi connectivity index (χ3n) is 2.34. The van der Waals surface area contributed by atoms with Crippen LogP contribution in [0, 0.1) is 18.3 Å². The number of nitriles is 1. The van der Waals surface area contributed by atoms with Gasteiger partial charge in [0.15, 0.2) is 5.75 Å². The summed E-state index contributed by atoms with van der Waals surface area (Å²) in [4.78, 5) is 4.02. The first-order valence-corrected chi connectivity index (χ1v) is 5.11. The number of para-hydroxylation sites is 1. The average Bonchev–Trinajstić information content (AvgIpc) is 2.35. The Balaban J connectivity index is 2.32. The lowest BCUT2D eigenvalue weighted by Gasteiger charge is -2.09. The molecule has 2 N–H and O–H groups in total. The number of nitrogens with zero attached hydrogens (tertiary/aromatic N) is 2. The van der Waals surface area contributed by atoms with Crippen LogP contribution < -0.4 is 10.5 Å². The highest BCUT2D eigenvalue weighted by atomic mass is 16.5. The van der Waals surface area contributed by atoms with E-state index < -0.39 is 0 Å². The van der Waals surface area contributed by atoms with E-state index in [1.807, 2.05) is 25.1 Å². The molecule has 0 aliphatic rings. The highest BCUT2D eigenvalue weighted by Gasteiger charge is 2.05. The molecule has 17 heavy (non-hydrogen) atoms. The number of ether oxygens (including phenoxy) is 1. The number of anilines is 1. The molecule has 2 aromatic rings. The van der Waals surface area contributed by atoms with Crippen LogP contribution in [0.5, 0.6) is 11.6 Å². The van der Waals surface area contributed by atoms with Crippen LogP contribution in [0.2, 0.25) is 0 Å². The lowest BCUT2D eigenvalue weighted by atomic mass is 10.2. The lowest BCUT2D eigenvalue weighted by molar-refractivity contribution is 0.464. The van der Waals surface area contributed by atoms with E-state index in [1.54, 1.807) is 24.3 Å². The average molecular weight is 225 g/mol. The van der Waals surface area contributed by atoms with Gasteiger partial charge in [-0.25, -0.2) is 4.98 Å². The molecular weight excluding hydrogens is 214 g/mol. The standard InChI is InChI=1S/C13H11N3O/c1-9-4-2-6-11(13(9)15)17-12-7-3-5-10(8-14)16-12/h2-7H,15H2,1H3. The summed E-state index contributed by atoms with van der Waals surface area (Å²) >= 11 is 0. The predicted molar refractivity (Wildman–Crippen MR) is 64.6 cm³/mol. The van der Waals surface area contributed by atoms with Gasteiger partial charge in [0.2, 0.25) is 5.88 Å². The van der Waals surface area contributed by atoms with Gasteiger partial charge >= 0.3 is 0 Å². The molecule has 1 aromatic heterocycles. The van der Waals surface area contributed by atoms with Crippen LogP contribution in [-0.2, 0) is 0 Å². The first kappa shape index (κ1) is 11.0. The molecule has 0 aliphatic carbocycles. The van der Waals surface area contributed by atoms with Crippen molar-refractivity contribution in [2.24, 2.45) is 0 Å². The normalized spacial score (nSPS) is 9.65. The monoisotopic (exact) mass is 225 g/mol. The highest BCUT2D eigenvalue weighted by Crippen LogP contribution is 2.28. The van der Waals surface area contributed by atoms with E-state index in [0.717, 1.165) is 5.56 Å². The number of rotatable bonds is 2. The molecule has 2 rings (SSSR count). The highest BCUT2D eigenvalue weighted by molar-refractivity contribution is 5.58. The third kappa shape index (κ3) is 2.34. The van der Waals surface area contributed by atoms with Crippen molar-refractivity contribution < 1.29 is 4.74 Å². The van der Waals surface area contributed by atoms with Gasteiger partial charge in [-0.3, -0.25) is 0 Å². The molecule has 0 unspecified atom stereocenters. The Morgan fingerprint density at radius 1 is 1.24 bits per heavy atom. The van der Waals surface area contributed by atoms with Crippen LogP contribution in [0.1, 0.15) is 11.3 Å². The van der Waals surface area contributed by atoms with Crippen LogP contribution in [0.3, 0.4) is 0 Å². The molecule has 0 saturated carbocycles. The van der Waals surface area contributed by atoms with Crippen LogP contribution >= 0.6 is 0 Å². The molecule has 0 spiro atoms. The molecule has 4 heteroatoms. The lowest BCUT2D eigenvalue weighted by Crippen LogP contribution is -1.96. The van der Waals surface area contributed by atoms with E-state index in [0.29, 0.717) is 23.0 Å². The van der Waals surface area contributed by atoms with Gasteiger partial charge in [-0.1, -0.05) is 18.2 Å². The molecule has 84 valence electrons. The maximum atomic E-state index is 8.73. The summed E-state index contributed by atoms with van der Waals surface area (Å²) in [6.45, 7) is 1.90. The van der Waals surface area contributed by atoms with Crippen LogP contribution in [0.15, 0.2) is 36.4 Å². The van der Waals surface area contributed by atoms with Crippen molar-refractivity contribution in [1.82, 2.24) is 4.98 Å². The second kappa shape index (κ2) is 4.54. The smallest absolute Gasteiger partial charge is 0.220 e. The summed E-state index contributed by atoms with van der Waals surface area (Å²) in [5, 5.41) is 8.73. The number of nitrogens with two attached hydrogens (primary N) is 1. The van der Waals surface area contributed by atoms with Crippen LogP contribution in [-0.4, -0.2) is 4.98 Å². The van der Waals surface area contributed by atoms with Crippen molar-refractivity contribution in [3.63, 3.8) is 0 Å². The minimum atomic E-state index is 0.314. The van der Waals surface area contributed by atoms with Crippen molar-refractivity contribution in [2.75, 3.05) is 5.73 Å². The maximum absolute atomic E-state index is 8.73. The van der Waals surface area contributed by atoms with Gasteiger partial charge < -0.3 is 10.5 Å². The van der Waals surface area contributed by atoms with Gasteiger partial charge in [-0.05, 0) is 24.6 Å². The Hall–Kier alpha value is -2.54. The van der Waals surface area contributed by atoms with Gasteiger partial charge in [-0.2, -0.15) is 5.26 Å². The van der Waals surface area contributed by atoms with Gasteiger partial charge in [0, 0.05) is 6.07 Å². The molecule has 0 bridgehead atoms. The van der Waals surface area contributed by atoms with E-state index in [-0.39, 0.29) is 0 Å². The number of aromatic nitrogens is 1. The first-order chi connectivity index (χ1) is 8.20. The summed E-state index contributed by atoms with van der Waals surface area (Å²) in [7, 11) is 0. The Morgan fingerprint density at radius 2 is 2.00 bits per heavy atom. The molecule has 0 saturated heterocycles. The number of nitrogen functional groups attached to an aromatic ring is 1. The van der Waals surface area contributed by atoms with Crippen molar-refractivity contribution in [2.45, 2.75) is 6.92 Å². The topological polar surface area (TPSA) is 71.9 Å². The zero-order valence-corrected chi connectivity index (χ0v) is 9.34. The molecule has 0 aliphatic heterocycles. The Bertz CT molecular complexity index is 587. The summed E-state index contributed by atoms with van der Waals surface area (Å²) in [6, 6.07) is 12.5. The third-order valence-corrected chi connectivity index (χ3v) is 2.34. The molecule has 0 fully saturated rings. The fraction of sp³-hybridized carbons (Fsp3) is 0.0769. The van der Waals surface area contributed by atoms with Crippen molar-refractivity contribution in [1.29, 1.82) is 5.26 Å². The molecular formula is C13H11N3O. The largest absolute Gasteiger partial charge is 0.437 e. The molecule has 0 radical (unpaired) electrons. The van der Waals surface area contributed by atoms with Gasteiger partial charge in [0.1, 0.15) is 11.8 Å². The van der Waals surface area contributed by atoms with Crippen molar-refractivity contribution >= 4 is 5.69 Å². The number of aryl methyl sites for hydroxylation is 1. The second-order valence-corrected chi connectivity index (χ2v) is 3.56. The summed E-state index contributed by atoms with van der Waals surface area (Å²) in [5.74, 6) is 0.911. The Morgan fingerprint density at radius 3 is 2.76 bits per heavy atom. The molecule has 0 atom stereocenters. The fourth-order valence-electron chi connectivity index (χ4n) is 1.39. The van der Waals surface area contributed by atoms with Gasteiger partial charge in [0.25, 0.3) is 0 Å². The zero-order chi connectivity index (χ0) is 12.3. The predicted octanol–water partition coefficient (Wildman–Crippen LogP) is 2.64. The minimum Gasteiger partial charge on any atom is -0.437 e. The van der Waals surface area contributed by atoms with Crippen LogP contribution in [0.25, 0.3) is 0 Å². The number of benzene rings is 1. The van der Waals surface area contributed by atoms with E-state index in [2.05, 4.69) is 4.98 Å². The van der Waals surface area contributed by atoms with Crippen molar-refractivity contribution in [3.05, 3.63) is 47.7 Å². The number of hydrogen-bond donors (Lipinski definition) is 1. The zero-order valence-electron chi connectivity index (χ0n) is 9.34. The quantitative estimate of drug-likeness (QED) is 0.797. The van der Waals surface area contributed by atoms with E-state index in [1.165, 1.54) is 0 Å². The Kier molecular flexibility index (Phi) is 2.93. The van der Waals surface area contributed by atoms with Gasteiger partial charge in [-0.15, -0.1) is 0 Å². The van der Waals surface area contributed by atoms with E-state index in [4.69, 9.17) is 15.7 Å². The number of pyridine rings is 1. The van der Waals surface area contributed by atoms with Crippen LogP contribution in [0.4, 0.5) is 5.69 Å². The maximum Gasteiger partial charge on any atom is 0.220 e. The molecule has 1 aromatic carbocycles. The Labute approximate surface area is 99.3 Å². The van der Waals surface area contributed by atoms with E-state index >= 15 is 0 Å².